The highest BCUT2D eigenvalue weighted by Gasteiger charge is 2.11. The van der Waals surface area contributed by atoms with Crippen LogP contribution in [0.25, 0.3) is 0 Å². The number of hydrogen-bond donors (Lipinski definition) is 2. The minimum absolute atomic E-state index is 0.282. The average molecular weight is 336 g/mol. The minimum atomic E-state index is -0.581. The number of halogens is 2. The molecule has 0 spiro atoms. The smallest absolute Gasteiger partial charge is 0.321 e. The SMILES string of the molecule is CNC(=O)NC(=O)COc1c(C)cc(Br)cc1Cl. The summed E-state index contributed by atoms with van der Waals surface area (Å²) in [5.74, 6) is -0.125. The summed E-state index contributed by atoms with van der Waals surface area (Å²) in [7, 11) is 1.42. The van der Waals surface area contributed by atoms with E-state index in [4.69, 9.17) is 16.3 Å². The number of amides is 3. The summed E-state index contributed by atoms with van der Waals surface area (Å²) in [4.78, 5) is 22.2. The fourth-order valence-corrected chi connectivity index (χ4v) is 2.26. The largest absolute Gasteiger partial charge is 0.482 e. The van der Waals surface area contributed by atoms with Crippen LogP contribution < -0.4 is 15.4 Å². The summed E-state index contributed by atoms with van der Waals surface area (Å²) in [6.45, 7) is 1.53. The second-order valence-corrected chi connectivity index (χ2v) is 4.77. The van der Waals surface area contributed by atoms with Gasteiger partial charge in [0.25, 0.3) is 5.91 Å². The lowest BCUT2D eigenvalue weighted by Crippen LogP contribution is -2.40. The Labute approximate surface area is 118 Å². The number of ether oxygens (including phenoxy) is 1. The van der Waals surface area contributed by atoms with Gasteiger partial charge in [-0.15, -0.1) is 0 Å². The molecule has 0 atom stereocenters. The van der Waals surface area contributed by atoms with Gasteiger partial charge in [0.2, 0.25) is 0 Å². The van der Waals surface area contributed by atoms with Gasteiger partial charge in [-0.05, 0) is 24.6 Å². The Kier molecular flexibility index (Phi) is 5.43. The molecule has 98 valence electrons. The second kappa shape index (κ2) is 6.61. The Balaban J connectivity index is 2.64. The fraction of sp³-hybridized carbons (Fsp3) is 0.273. The predicted octanol–water partition coefficient (Wildman–Crippen LogP) is 2.25. The van der Waals surface area contributed by atoms with Crippen molar-refractivity contribution in [1.82, 2.24) is 10.6 Å². The normalized spacial score (nSPS) is 9.78. The zero-order valence-electron chi connectivity index (χ0n) is 9.84. The van der Waals surface area contributed by atoms with Crippen molar-refractivity contribution >= 4 is 39.5 Å². The van der Waals surface area contributed by atoms with E-state index in [9.17, 15) is 9.59 Å². The summed E-state index contributed by atoms with van der Waals surface area (Å²) in [5, 5.41) is 4.75. The quantitative estimate of drug-likeness (QED) is 0.890. The Morgan fingerprint density at radius 3 is 2.67 bits per heavy atom. The number of imide groups is 1. The van der Waals surface area contributed by atoms with Gasteiger partial charge in [-0.1, -0.05) is 27.5 Å². The van der Waals surface area contributed by atoms with Crippen LogP contribution in [0, 0.1) is 6.92 Å². The molecule has 2 N–H and O–H groups in total. The van der Waals surface area contributed by atoms with Gasteiger partial charge in [0.1, 0.15) is 5.75 Å². The van der Waals surface area contributed by atoms with E-state index in [2.05, 4.69) is 26.6 Å². The first-order valence-electron chi connectivity index (χ1n) is 5.04. The molecule has 0 aliphatic heterocycles. The average Bonchev–Trinajstić information content (AvgIpc) is 2.27. The Hall–Kier alpha value is -1.27. The topological polar surface area (TPSA) is 67.4 Å². The highest BCUT2D eigenvalue weighted by Crippen LogP contribution is 2.31. The van der Waals surface area contributed by atoms with E-state index in [1.54, 1.807) is 6.07 Å². The lowest BCUT2D eigenvalue weighted by atomic mass is 10.2. The molecule has 7 heteroatoms. The minimum Gasteiger partial charge on any atom is -0.482 e. The molecular weight excluding hydrogens is 323 g/mol. The van der Waals surface area contributed by atoms with Crippen molar-refractivity contribution in [3.63, 3.8) is 0 Å². The van der Waals surface area contributed by atoms with Gasteiger partial charge in [0.05, 0.1) is 5.02 Å². The maximum absolute atomic E-state index is 11.3. The number of carbonyl (C=O) groups excluding carboxylic acids is 2. The molecule has 3 amide bonds. The molecule has 0 heterocycles. The third kappa shape index (κ3) is 4.19. The van der Waals surface area contributed by atoms with E-state index in [1.807, 2.05) is 13.0 Å². The third-order valence-corrected chi connectivity index (χ3v) is 2.76. The molecule has 1 aromatic rings. The fourth-order valence-electron chi connectivity index (χ4n) is 1.23. The van der Waals surface area contributed by atoms with E-state index in [-0.39, 0.29) is 6.61 Å². The van der Waals surface area contributed by atoms with Crippen LogP contribution in [0.3, 0.4) is 0 Å². The first kappa shape index (κ1) is 14.8. The highest BCUT2D eigenvalue weighted by atomic mass is 79.9. The molecule has 1 rings (SSSR count). The third-order valence-electron chi connectivity index (χ3n) is 2.02. The standard InChI is InChI=1S/C11H12BrClN2O3/c1-6-3-7(12)4-8(13)10(6)18-5-9(16)15-11(17)14-2/h3-4H,5H2,1-2H3,(H2,14,15,16,17). The van der Waals surface area contributed by atoms with Crippen LogP contribution in [0.2, 0.25) is 5.02 Å². The zero-order valence-corrected chi connectivity index (χ0v) is 12.2. The number of benzene rings is 1. The first-order valence-corrected chi connectivity index (χ1v) is 6.21. The number of rotatable bonds is 3. The first-order chi connectivity index (χ1) is 8.43. The lowest BCUT2D eigenvalue weighted by Gasteiger charge is -2.11. The molecule has 0 unspecified atom stereocenters. The van der Waals surface area contributed by atoms with Crippen LogP contribution in [0.15, 0.2) is 16.6 Å². The van der Waals surface area contributed by atoms with E-state index in [0.717, 1.165) is 10.0 Å². The van der Waals surface area contributed by atoms with Crippen molar-refractivity contribution in [2.45, 2.75) is 6.92 Å². The molecule has 0 saturated carbocycles. The molecule has 0 aliphatic rings. The Bertz CT molecular complexity index is 456. The molecule has 5 nitrogen and oxygen atoms in total. The number of aryl methyl sites for hydroxylation is 1. The number of urea groups is 1. The summed E-state index contributed by atoms with van der Waals surface area (Å²) in [6.07, 6.45) is 0. The predicted molar refractivity (Wildman–Crippen MR) is 72.0 cm³/mol. The molecule has 18 heavy (non-hydrogen) atoms. The van der Waals surface area contributed by atoms with Crippen molar-refractivity contribution in [1.29, 1.82) is 0 Å². The van der Waals surface area contributed by atoms with E-state index < -0.39 is 11.9 Å². The van der Waals surface area contributed by atoms with Gasteiger partial charge in [-0.3, -0.25) is 10.1 Å². The van der Waals surface area contributed by atoms with Crippen LogP contribution in [-0.4, -0.2) is 25.6 Å². The van der Waals surface area contributed by atoms with Crippen molar-refractivity contribution < 1.29 is 14.3 Å². The second-order valence-electron chi connectivity index (χ2n) is 3.45. The van der Waals surface area contributed by atoms with Crippen LogP contribution in [-0.2, 0) is 4.79 Å². The number of carbonyl (C=O) groups is 2. The molecule has 0 saturated heterocycles. The molecule has 0 aliphatic carbocycles. The van der Waals surface area contributed by atoms with E-state index >= 15 is 0 Å². The van der Waals surface area contributed by atoms with Crippen molar-refractivity contribution in [2.75, 3.05) is 13.7 Å². The van der Waals surface area contributed by atoms with Crippen molar-refractivity contribution in [3.8, 4) is 5.75 Å². The zero-order chi connectivity index (χ0) is 13.7. The van der Waals surface area contributed by atoms with E-state index in [1.165, 1.54) is 7.05 Å². The molecule has 0 aromatic heterocycles. The highest BCUT2D eigenvalue weighted by molar-refractivity contribution is 9.10. The van der Waals surface area contributed by atoms with Gasteiger partial charge in [0.15, 0.2) is 6.61 Å². The monoisotopic (exact) mass is 334 g/mol. The van der Waals surface area contributed by atoms with Crippen molar-refractivity contribution in [2.24, 2.45) is 0 Å². The summed E-state index contributed by atoms with van der Waals surface area (Å²) in [6, 6.07) is 2.90. The Morgan fingerprint density at radius 1 is 1.44 bits per heavy atom. The lowest BCUT2D eigenvalue weighted by molar-refractivity contribution is -0.122. The number of nitrogens with one attached hydrogen (secondary N) is 2. The van der Waals surface area contributed by atoms with Crippen molar-refractivity contribution in [3.05, 3.63) is 27.2 Å². The van der Waals surface area contributed by atoms with Crippen LogP contribution in [0.4, 0.5) is 4.79 Å². The van der Waals surface area contributed by atoms with Gasteiger partial charge in [-0.2, -0.15) is 0 Å². The molecule has 0 bridgehead atoms. The summed E-state index contributed by atoms with van der Waals surface area (Å²) >= 11 is 9.28. The molecule has 0 fully saturated rings. The summed E-state index contributed by atoms with van der Waals surface area (Å²) < 4.78 is 6.11. The maximum atomic E-state index is 11.3. The molecule has 1 aromatic carbocycles. The van der Waals surface area contributed by atoms with Crippen LogP contribution >= 0.6 is 27.5 Å². The van der Waals surface area contributed by atoms with Gasteiger partial charge in [-0.25, -0.2) is 4.79 Å². The van der Waals surface area contributed by atoms with Gasteiger partial charge >= 0.3 is 6.03 Å². The van der Waals surface area contributed by atoms with Gasteiger partial charge in [0, 0.05) is 11.5 Å². The van der Waals surface area contributed by atoms with Crippen LogP contribution in [0.1, 0.15) is 5.56 Å². The van der Waals surface area contributed by atoms with E-state index in [0.29, 0.717) is 10.8 Å². The number of hydrogen-bond acceptors (Lipinski definition) is 3. The summed E-state index contributed by atoms with van der Waals surface area (Å²) in [5.41, 5.74) is 0.794. The Morgan fingerprint density at radius 2 is 2.11 bits per heavy atom. The van der Waals surface area contributed by atoms with Crippen LogP contribution in [0.5, 0.6) is 5.75 Å². The molecule has 0 radical (unpaired) electrons. The van der Waals surface area contributed by atoms with Gasteiger partial charge < -0.3 is 10.1 Å². The molecular formula is C11H12BrClN2O3. The maximum Gasteiger partial charge on any atom is 0.321 e.